The van der Waals surface area contributed by atoms with Crippen molar-refractivity contribution in [2.45, 2.75) is 24.8 Å². The van der Waals surface area contributed by atoms with Gasteiger partial charge in [-0.15, -0.1) is 0 Å². The number of methoxy groups -OCH3 is 1. The van der Waals surface area contributed by atoms with Crippen LogP contribution in [0.25, 0.3) is 0 Å². The minimum absolute atomic E-state index is 0.167. The summed E-state index contributed by atoms with van der Waals surface area (Å²) in [5.41, 5.74) is 2.32. The standard InChI is InChI=1S/C17H18FNO/c1-20-17-4-2-3-15(11-17)19-16-9-13(10-16)12-5-7-14(18)8-6-12/h2-8,11,13,16,19H,9-10H2,1H3. The van der Waals surface area contributed by atoms with Crippen LogP contribution in [0.2, 0.25) is 0 Å². The van der Waals surface area contributed by atoms with E-state index in [4.69, 9.17) is 4.74 Å². The normalized spacial score (nSPS) is 21.1. The zero-order valence-corrected chi connectivity index (χ0v) is 11.5. The first kappa shape index (κ1) is 13.0. The largest absolute Gasteiger partial charge is 0.497 e. The Labute approximate surface area is 118 Å². The molecule has 1 saturated carbocycles. The molecule has 1 aliphatic rings. The molecule has 104 valence electrons. The van der Waals surface area contributed by atoms with Crippen LogP contribution in [0, 0.1) is 5.82 Å². The molecular weight excluding hydrogens is 253 g/mol. The van der Waals surface area contributed by atoms with Crippen molar-refractivity contribution in [1.29, 1.82) is 0 Å². The number of hydrogen-bond acceptors (Lipinski definition) is 2. The van der Waals surface area contributed by atoms with E-state index in [2.05, 4.69) is 5.32 Å². The Morgan fingerprint density at radius 3 is 2.55 bits per heavy atom. The molecule has 2 aromatic carbocycles. The van der Waals surface area contributed by atoms with E-state index >= 15 is 0 Å². The first-order chi connectivity index (χ1) is 9.74. The maximum absolute atomic E-state index is 12.9. The monoisotopic (exact) mass is 271 g/mol. The van der Waals surface area contributed by atoms with Gasteiger partial charge < -0.3 is 10.1 Å². The molecule has 20 heavy (non-hydrogen) atoms. The van der Waals surface area contributed by atoms with Gasteiger partial charge in [0.25, 0.3) is 0 Å². The highest BCUT2D eigenvalue weighted by Gasteiger charge is 2.30. The maximum atomic E-state index is 12.9. The predicted octanol–water partition coefficient (Wildman–Crippen LogP) is 4.19. The van der Waals surface area contributed by atoms with Crippen LogP contribution >= 0.6 is 0 Å². The molecule has 0 aliphatic heterocycles. The summed E-state index contributed by atoms with van der Waals surface area (Å²) >= 11 is 0. The van der Waals surface area contributed by atoms with E-state index in [0.29, 0.717) is 12.0 Å². The minimum Gasteiger partial charge on any atom is -0.497 e. The van der Waals surface area contributed by atoms with Crippen LogP contribution < -0.4 is 10.1 Å². The SMILES string of the molecule is COc1cccc(NC2CC(c3ccc(F)cc3)C2)c1. The summed E-state index contributed by atoms with van der Waals surface area (Å²) in [4.78, 5) is 0. The number of nitrogens with one attached hydrogen (secondary N) is 1. The van der Waals surface area contributed by atoms with Gasteiger partial charge in [-0.05, 0) is 48.6 Å². The van der Waals surface area contributed by atoms with Crippen LogP contribution in [-0.2, 0) is 0 Å². The summed E-state index contributed by atoms with van der Waals surface area (Å²) in [7, 11) is 1.67. The molecule has 2 nitrogen and oxygen atoms in total. The summed E-state index contributed by atoms with van der Waals surface area (Å²) in [6.45, 7) is 0. The Morgan fingerprint density at radius 2 is 1.85 bits per heavy atom. The summed E-state index contributed by atoms with van der Waals surface area (Å²) in [6, 6.07) is 15.3. The molecule has 0 unspecified atom stereocenters. The van der Waals surface area contributed by atoms with E-state index in [1.165, 1.54) is 17.7 Å². The minimum atomic E-state index is -0.167. The quantitative estimate of drug-likeness (QED) is 0.900. The number of rotatable bonds is 4. The van der Waals surface area contributed by atoms with Gasteiger partial charge >= 0.3 is 0 Å². The third kappa shape index (κ3) is 2.77. The van der Waals surface area contributed by atoms with Crippen LogP contribution in [-0.4, -0.2) is 13.2 Å². The van der Waals surface area contributed by atoms with Gasteiger partial charge in [0.05, 0.1) is 7.11 Å². The van der Waals surface area contributed by atoms with Crippen LogP contribution in [0.15, 0.2) is 48.5 Å². The van der Waals surface area contributed by atoms with Crippen molar-refractivity contribution in [2.24, 2.45) is 0 Å². The Kier molecular flexibility index (Phi) is 3.59. The van der Waals surface area contributed by atoms with Gasteiger partial charge in [0.1, 0.15) is 11.6 Å². The van der Waals surface area contributed by atoms with Gasteiger partial charge in [0, 0.05) is 17.8 Å². The molecule has 0 spiro atoms. The van der Waals surface area contributed by atoms with Crippen molar-refractivity contribution in [3.05, 3.63) is 59.9 Å². The second-order valence-electron chi connectivity index (χ2n) is 5.29. The highest BCUT2D eigenvalue weighted by molar-refractivity contribution is 5.49. The molecular formula is C17H18FNO. The van der Waals surface area contributed by atoms with Crippen LogP contribution in [0.5, 0.6) is 5.75 Å². The molecule has 1 fully saturated rings. The van der Waals surface area contributed by atoms with Crippen LogP contribution in [0.1, 0.15) is 24.3 Å². The average molecular weight is 271 g/mol. The Morgan fingerprint density at radius 1 is 1.10 bits per heavy atom. The van der Waals surface area contributed by atoms with Crippen molar-refractivity contribution >= 4 is 5.69 Å². The zero-order chi connectivity index (χ0) is 13.9. The summed E-state index contributed by atoms with van der Waals surface area (Å²) in [6.07, 6.45) is 2.17. The lowest BCUT2D eigenvalue weighted by Crippen LogP contribution is -2.33. The molecule has 0 radical (unpaired) electrons. The van der Waals surface area contributed by atoms with Gasteiger partial charge in [-0.3, -0.25) is 0 Å². The third-order valence-corrected chi connectivity index (χ3v) is 3.92. The van der Waals surface area contributed by atoms with E-state index in [1.807, 2.05) is 36.4 Å². The first-order valence-corrected chi connectivity index (χ1v) is 6.90. The topological polar surface area (TPSA) is 21.3 Å². The number of ether oxygens (including phenoxy) is 1. The van der Waals surface area contributed by atoms with E-state index in [9.17, 15) is 4.39 Å². The average Bonchev–Trinajstić information content (AvgIpc) is 2.44. The number of halogens is 1. The van der Waals surface area contributed by atoms with Crippen molar-refractivity contribution in [1.82, 2.24) is 0 Å². The molecule has 0 amide bonds. The van der Waals surface area contributed by atoms with Crippen LogP contribution in [0.3, 0.4) is 0 Å². The Balaban J connectivity index is 1.56. The second-order valence-corrected chi connectivity index (χ2v) is 5.29. The Bertz CT molecular complexity index is 576. The number of anilines is 1. The molecule has 3 rings (SSSR count). The smallest absolute Gasteiger partial charge is 0.123 e. The molecule has 0 heterocycles. The molecule has 1 aliphatic carbocycles. The second kappa shape index (κ2) is 5.53. The highest BCUT2D eigenvalue weighted by Crippen LogP contribution is 2.38. The fourth-order valence-electron chi connectivity index (χ4n) is 2.69. The highest BCUT2D eigenvalue weighted by atomic mass is 19.1. The van der Waals surface area contributed by atoms with Crippen molar-refractivity contribution in [3.63, 3.8) is 0 Å². The molecule has 0 saturated heterocycles. The van der Waals surface area contributed by atoms with Crippen molar-refractivity contribution in [2.75, 3.05) is 12.4 Å². The van der Waals surface area contributed by atoms with Crippen molar-refractivity contribution in [3.8, 4) is 5.75 Å². The van der Waals surface area contributed by atoms with E-state index < -0.39 is 0 Å². The van der Waals surface area contributed by atoms with Gasteiger partial charge in [0.2, 0.25) is 0 Å². The summed E-state index contributed by atoms with van der Waals surface area (Å²) in [5.74, 6) is 1.24. The van der Waals surface area contributed by atoms with Crippen LogP contribution in [0.4, 0.5) is 10.1 Å². The molecule has 1 N–H and O–H groups in total. The fraction of sp³-hybridized carbons (Fsp3) is 0.294. The van der Waals surface area contributed by atoms with Gasteiger partial charge in [-0.2, -0.15) is 0 Å². The maximum Gasteiger partial charge on any atom is 0.123 e. The summed E-state index contributed by atoms with van der Waals surface area (Å²) < 4.78 is 18.1. The lowest BCUT2D eigenvalue weighted by atomic mass is 9.76. The number of hydrogen-bond donors (Lipinski definition) is 1. The summed E-state index contributed by atoms with van der Waals surface area (Å²) in [5, 5.41) is 3.51. The van der Waals surface area contributed by atoms with Gasteiger partial charge in [-0.1, -0.05) is 18.2 Å². The van der Waals surface area contributed by atoms with E-state index in [1.54, 1.807) is 7.11 Å². The first-order valence-electron chi connectivity index (χ1n) is 6.90. The fourth-order valence-corrected chi connectivity index (χ4v) is 2.69. The molecule has 0 atom stereocenters. The third-order valence-electron chi connectivity index (χ3n) is 3.92. The molecule has 3 heteroatoms. The van der Waals surface area contributed by atoms with E-state index in [0.717, 1.165) is 24.3 Å². The molecule has 0 bridgehead atoms. The lowest BCUT2D eigenvalue weighted by Gasteiger charge is -2.37. The van der Waals surface area contributed by atoms with Gasteiger partial charge in [-0.25, -0.2) is 4.39 Å². The number of benzene rings is 2. The molecule has 0 aromatic heterocycles. The lowest BCUT2D eigenvalue weighted by molar-refractivity contribution is 0.373. The Hall–Kier alpha value is -2.03. The van der Waals surface area contributed by atoms with Crippen molar-refractivity contribution < 1.29 is 9.13 Å². The van der Waals surface area contributed by atoms with Gasteiger partial charge in [0.15, 0.2) is 0 Å². The zero-order valence-electron chi connectivity index (χ0n) is 11.5. The predicted molar refractivity (Wildman–Crippen MR) is 78.8 cm³/mol. The van der Waals surface area contributed by atoms with E-state index in [-0.39, 0.29) is 5.82 Å². The molecule has 2 aromatic rings.